The van der Waals surface area contributed by atoms with Gasteiger partial charge in [0.1, 0.15) is 0 Å². The molecule has 0 bridgehead atoms. The molecule has 1 aromatic carbocycles. The zero-order chi connectivity index (χ0) is 9.68. The first-order valence-corrected chi connectivity index (χ1v) is 4.16. The van der Waals surface area contributed by atoms with Crippen molar-refractivity contribution < 1.29 is 5.11 Å². The molecule has 0 spiro atoms. The molecule has 3 nitrogen and oxygen atoms in total. The minimum Gasteiger partial charge on any atom is -0.388 e. The number of nitrogens with two attached hydrogens (primary N) is 1. The Morgan fingerprint density at radius 2 is 2.31 bits per heavy atom. The molecule has 0 aliphatic carbocycles. The van der Waals surface area contributed by atoms with E-state index in [0.717, 1.165) is 5.56 Å². The highest BCUT2D eigenvalue weighted by Gasteiger charge is 2.05. The normalized spacial score (nSPS) is 12.1. The predicted octanol–water partition coefficient (Wildman–Crippen LogP) is 0.940. The maximum Gasteiger partial charge on any atom is 0.0991 e. The Hall–Kier alpha value is -1.37. The molecule has 68 valence electrons. The summed E-state index contributed by atoms with van der Waals surface area (Å²) in [5, 5.41) is 18.2. The molecule has 0 amide bonds. The van der Waals surface area contributed by atoms with Crippen molar-refractivity contribution in [3.05, 3.63) is 35.4 Å². The molecule has 1 atom stereocenters. The molecule has 0 heterocycles. The Labute approximate surface area is 77.4 Å². The fourth-order valence-electron chi connectivity index (χ4n) is 1.14. The Kier molecular flexibility index (Phi) is 3.44. The highest BCUT2D eigenvalue weighted by molar-refractivity contribution is 5.33. The van der Waals surface area contributed by atoms with Gasteiger partial charge in [-0.15, -0.1) is 0 Å². The smallest absolute Gasteiger partial charge is 0.0991 e. The SMILES string of the molecule is N#Cc1cccc([C@H](O)CCN)c1. The molecule has 0 aromatic heterocycles. The molecule has 0 fully saturated rings. The van der Waals surface area contributed by atoms with Crippen LogP contribution in [0.25, 0.3) is 0 Å². The third-order valence-corrected chi connectivity index (χ3v) is 1.84. The van der Waals surface area contributed by atoms with E-state index in [-0.39, 0.29) is 0 Å². The standard InChI is InChI=1S/C10H12N2O/c11-5-4-10(13)9-3-1-2-8(6-9)7-12/h1-3,6,10,13H,4-5,11H2/t10-/m1/s1. The second-order valence-corrected chi connectivity index (χ2v) is 2.83. The van der Waals surface area contributed by atoms with E-state index in [0.29, 0.717) is 18.5 Å². The Bertz CT molecular complexity index is 317. The van der Waals surface area contributed by atoms with Crippen LogP contribution in [0.4, 0.5) is 0 Å². The monoisotopic (exact) mass is 176 g/mol. The number of nitriles is 1. The second-order valence-electron chi connectivity index (χ2n) is 2.83. The molecule has 0 radical (unpaired) electrons. The van der Waals surface area contributed by atoms with E-state index >= 15 is 0 Å². The summed E-state index contributed by atoms with van der Waals surface area (Å²) in [5.41, 5.74) is 6.63. The van der Waals surface area contributed by atoms with Crippen LogP contribution in [-0.4, -0.2) is 11.7 Å². The van der Waals surface area contributed by atoms with E-state index in [9.17, 15) is 5.11 Å². The predicted molar refractivity (Wildman–Crippen MR) is 49.8 cm³/mol. The molecule has 3 heteroatoms. The fourth-order valence-corrected chi connectivity index (χ4v) is 1.14. The van der Waals surface area contributed by atoms with E-state index < -0.39 is 6.10 Å². The second kappa shape index (κ2) is 4.61. The number of rotatable bonds is 3. The summed E-state index contributed by atoms with van der Waals surface area (Å²) >= 11 is 0. The largest absolute Gasteiger partial charge is 0.388 e. The summed E-state index contributed by atoms with van der Waals surface area (Å²) in [4.78, 5) is 0. The van der Waals surface area contributed by atoms with Crippen LogP contribution < -0.4 is 5.73 Å². The van der Waals surface area contributed by atoms with Gasteiger partial charge in [-0.1, -0.05) is 12.1 Å². The average Bonchev–Trinajstić information content (AvgIpc) is 2.18. The lowest BCUT2D eigenvalue weighted by Gasteiger charge is -2.08. The van der Waals surface area contributed by atoms with Crippen LogP contribution in [0.5, 0.6) is 0 Å². The number of hydrogen-bond donors (Lipinski definition) is 2. The van der Waals surface area contributed by atoms with Gasteiger partial charge >= 0.3 is 0 Å². The van der Waals surface area contributed by atoms with E-state index in [4.69, 9.17) is 11.0 Å². The third kappa shape index (κ3) is 2.55. The van der Waals surface area contributed by atoms with Gasteiger partial charge in [0.2, 0.25) is 0 Å². The van der Waals surface area contributed by atoms with E-state index in [1.807, 2.05) is 6.07 Å². The van der Waals surface area contributed by atoms with Gasteiger partial charge in [0.05, 0.1) is 17.7 Å². The number of aliphatic hydroxyl groups is 1. The molecule has 0 saturated carbocycles. The molecule has 1 aromatic rings. The summed E-state index contributed by atoms with van der Waals surface area (Å²) in [6.07, 6.45) is -0.0344. The highest BCUT2D eigenvalue weighted by Crippen LogP contribution is 2.16. The van der Waals surface area contributed by atoms with E-state index in [2.05, 4.69) is 0 Å². The zero-order valence-electron chi connectivity index (χ0n) is 7.27. The van der Waals surface area contributed by atoms with Crippen LogP contribution in [-0.2, 0) is 0 Å². The first-order chi connectivity index (χ1) is 6.27. The number of nitrogens with zero attached hydrogens (tertiary/aromatic N) is 1. The van der Waals surface area contributed by atoms with Gasteiger partial charge in [-0.2, -0.15) is 5.26 Å². The van der Waals surface area contributed by atoms with Gasteiger partial charge in [0, 0.05) is 0 Å². The molecule has 0 saturated heterocycles. The van der Waals surface area contributed by atoms with Crippen LogP contribution in [0.15, 0.2) is 24.3 Å². The van der Waals surface area contributed by atoms with Crippen molar-refractivity contribution in [3.63, 3.8) is 0 Å². The van der Waals surface area contributed by atoms with Crippen molar-refractivity contribution in [1.82, 2.24) is 0 Å². The minimum absolute atomic E-state index is 0.442. The summed E-state index contributed by atoms with van der Waals surface area (Å²) < 4.78 is 0. The summed E-state index contributed by atoms with van der Waals surface area (Å²) in [7, 11) is 0. The number of hydrogen-bond acceptors (Lipinski definition) is 3. The highest BCUT2D eigenvalue weighted by atomic mass is 16.3. The molecular formula is C10H12N2O. The molecule has 3 N–H and O–H groups in total. The molecule has 1 rings (SSSR count). The molecule has 0 aliphatic rings. The quantitative estimate of drug-likeness (QED) is 0.720. The van der Waals surface area contributed by atoms with Gasteiger partial charge in [-0.3, -0.25) is 0 Å². The van der Waals surface area contributed by atoms with Gasteiger partial charge < -0.3 is 10.8 Å². The van der Waals surface area contributed by atoms with Gasteiger partial charge in [0.25, 0.3) is 0 Å². The maximum atomic E-state index is 9.55. The van der Waals surface area contributed by atoms with Crippen molar-refractivity contribution in [2.24, 2.45) is 5.73 Å². The zero-order valence-corrected chi connectivity index (χ0v) is 7.27. The molecular weight excluding hydrogens is 164 g/mol. The maximum absolute atomic E-state index is 9.55. The summed E-state index contributed by atoms with van der Waals surface area (Å²) in [6, 6.07) is 8.96. The minimum atomic E-state index is -0.557. The lowest BCUT2D eigenvalue weighted by atomic mass is 10.0. The van der Waals surface area contributed by atoms with Crippen LogP contribution in [0.2, 0.25) is 0 Å². The lowest BCUT2D eigenvalue weighted by Crippen LogP contribution is -2.06. The van der Waals surface area contributed by atoms with Crippen LogP contribution >= 0.6 is 0 Å². The van der Waals surface area contributed by atoms with Crippen molar-refractivity contribution in [1.29, 1.82) is 5.26 Å². The first kappa shape index (κ1) is 9.72. The topological polar surface area (TPSA) is 70.0 Å². The summed E-state index contributed by atoms with van der Waals surface area (Å²) in [6.45, 7) is 0.442. The van der Waals surface area contributed by atoms with Crippen LogP contribution in [0.3, 0.4) is 0 Å². The molecule has 13 heavy (non-hydrogen) atoms. The molecule has 0 unspecified atom stereocenters. The van der Waals surface area contributed by atoms with Gasteiger partial charge in [-0.25, -0.2) is 0 Å². The van der Waals surface area contributed by atoms with Crippen molar-refractivity contribution in [2.75, 3.05) is 6.54 Å². The Balaban J connectivity index is 2.83. The lowest BCUT2D eigenvalue weighted by molar-refractivity contribution is 0.170. The van der Waals surface area contributed by atoms with Crippen LogP contribution in [0.1, 0.15) is 23.7 Å². The summed E-state index contributed by atoms with van der Waals surface area (Å²) in [5.74, 6) is 0. The molecule has 0 aliphatic heterocycles. The van der Waals surface area contributed by atoms with Crippen molar-refractivity contribution in [3.8, 4) is 6.07 Å². The number of benzene rings is 1. The third-order valence-electron chi connectivity index (χ3n) is 1.84. The van der Waals surface area contributed by atoms with Gasteiger partial charge in [-0.05, 0) is 30.7 Å². The van der Waals surface area contributed by atoms with Gasteiger partial charge in [0.15, 0.2) is 0 Å². The number of aliphatic hydroxyl groups excluding tert-OH is 1. The van der Waals surface area contributed by atoms with Crippen molar-refractivity contribution in [2.45, 2.75) is 12.5 Å². The van der Waals surface area contributed by atoms with E-state index in [1.54, 1.807) is 24.3 Å². The Morgan fingerprint density at radius 3 is 2.92 bits per heavy atom. The fraction of sp³-hybridized carbons (Fsp3) is 0.300. The average molecular weight is 176 g/mol. The van der Waals surface area contributed by atoms with E-state index in [1.165, 1.54) is 0 Å². The Morgan fingerprint density at radius 1 is 1.54 bits per heavy atom. The first-order valence-electron chi connectivity index (χ1n) is 4.16. The van der Waals surface area contributed by atoms with Crippen molar-refractivity contribution >= 4 is 0 Å². The van der Waals surface area contributed by atoms with Crippen LogP contribution in [0, 0.1) is 11.3 Å².